The molecule has 0 amide bonds. The standard InChI is InChI=1S/C12H18N4O2/c13-10(7-4-8-16-12(14)15)11(17)18-9-5-2-1-3-6-9/h1-3,5-6,10H,4,7-8,13H2,(H4,14,15,16)/t10-/m0/s1. The molecule has 6 nitrogen and oxygen atoms in total. The molecule has 18 heavy (non-hydrogen) atoms. The maximum absolute atomic E-state index is 11.6. The molecule has 0 aliphatic rings. The van der Waals surface area contributed by atoms with Crippen molar-refractivity contribution in [2.45, 2.75) is 18.9 Å². The number of carbonyl (C=O) groups is 1. The minimum Gasteiger partial charge on any atom is -0.425 e. The van der Waals surface area contributed by atoms with Crippen molar-refractivity contribution in [3.8, 4) is 5.75 Å². The van der Waals surface area contributed by atoms with Crippen molar-refractivity contribution in [1.82, 2.24) is 0 Å². The summed E-state index contributed by atoms with van der Waals surface area (Å²) < 4.78 is 5.11. The summed E-state index contributed by atoms with van der Waals surface area (Å²) in [6.45, 7) is 0.453. The van der Waals surface area contributed by atoms with Gasteiger partial charge in [-0.3, -0.25) is 4.99 Å². The van der Waals surface area contributed by atoms with Crippen LogP contribution in [0.2, 0.25) is 0 Å². The largest absolute Gasteiger partial charge is 0.425 e. The van der Waals surface area contributed by atoms with Crippen LogP contribution >= 0.6 is 0 Å². The Balaban J connectivity index is 2.31. The number of esters is 1. The van der Waals surface area contributed by atoms with Crippen LogP contribution in [0.5, 0.6) is 5.75 Å². The highest BCUT2D eigenvalue weighted by Crippen LogP contribution is 2.10. The molecule has 1 rings (SSSR count). The molecule has 0 unspecified atom stereocenters. The molecule has 0 heterocycles. The average molecular weight is 250 g/mol. The van der Waals surface area contributed by atoms with Crippen LogP contribution < -0.4 is 21.9 Å². The number of benzene rings is 1. The van der Waals surface area contributed by atoms with Gasteiger partial charge < -0.3 is 21.9 Å². The molecule has 1 atom stereocenters. The molecule has 98 valence electrons. The van der Waals surface area contributed by atoms with Gasteiger partial charge in [-0.15, -0.1) is 0 Å². The van der Waals surface area contributed by atoms with Gasteiger partial charge in [0.05, 0.1) is 0 Å². The van der Waals surface area contributed by atoms with Crippen molar-refractivity contribution in [2.24, 2.45) is 22.2 Å². The average Bonchev–Trinajstić information content (AvgIpc) is 2.35. The molecule has 0 spiro atoms. The zero-order valence-electron chi connectivity index (χ0n) is 10.1. The number of nitrogens with zero attached hydrogens (tertiary/aromatic N) is 1. The number of ether oxygens (including phenoxy) is 1. The molecule has 0 aromatic heterocycles. The second-order valence-electron chi connectivity index (χ2n) is 3.79. The van der Waals surface area contributed by atoms with Gasteiger partial charge >= 0.3 is 5.97 Å². The number of nitrogens with two attached hydrogens (primary N) is 3. The van der Waals surface area contributed by atoms with E-state index in [0.717, 1.165) is 0 Å². The first-order valence-electron chi connectivity index (χ1n) is 5.67. The number of carbonyl (C=O) groups excluding carboxylic acids is 1. The summed E-state index contributed by atoms with van der Waals surface area (Å²) in [4.78, 5) is 15.4. The van der Waals surface area contributed by atoms with Crippen LogP contribution in [0, 0.1) is 0 Å². The summed E-state index contributed by atoms with van der Waals surface area (Å²) in [5, 5.41) is 0. The maximum Gasteiger partial charge on any atom is 0.328 e. The van der Waals surface area contributed by atoms with Crippen LogP contribution in [0.15, 0.2) is 35.3 Å². The Morgan fingerprint density at radius 2 is 1.94 bits per heavy atom. The predicted molar refractivity (Wildman–Crippen MR) is 70.0 cm³/mol. The number of hydrogen-bond acceptors (Lipinski definition) is 4. The minimum atomic E-state index is -0.667. The Morgan fingerprint density at radius 3 is 2.56 bits per heavy atom. The zero-order chi connectivity index (χ0) is 13.4. The molecule has 6 N–H and O–H groups in total. The van der Waals surface area contributed by atoms with Gasteiger partial charge in [0.15, 0.2) is 5.96 Å². The van der Waals surface area contributed by atoms with Gasteiger partial charge in [0.2, 0.25) is 0 Å². The van der Waals surface area contributed by atoms with E-state index >= 15 is 0 Å². The van der Waals surface area contributed by atoms with E-state index in [-0.39, 0.29) is 5.96 Å². The van der Waals surface area contributed by atoms with Crippen molar-refractivity contribution in [2.75, 3.05) is 6.54 Å². The topological polar surface area (TPSA) is 117 Å². The molecule has 0 bridgehead atoms. The first-order chi connectivity index (χ1) is 8.59. The van der Waals surface area contributed by atoms with Crippen LogP contribution in [-0.4, -0.2) is 24.5 Å². The molecule has 0 aliphatic carbocycles. The highest BCUT2D eigenvalue weighted by molar-refractivity contribution is 5.78. The Morgan fingerprint density at radius 1 is 1.28 bits per heavy atom. The van der Waals surface area contributed by atoms with E-state index in [2.05, 4.69) is 4.99 Å². The lowest BCUT2D eigenvalue weighted by Gasteiger charge is -2.10. The number of guanidine groups is 1. The van der Waals surface area contributed by atoms with E-state index in [0.29, 0.717) is 25.1 Å². The molecule has 0 fully saturated rings. The van der Waals surface area contributed by atoms with E-state index in [4.69, 9.17) is 21.9 Å². The maximum atomic E-state index is 11.6. The zero-order valence-corrected chi connectivity index (χ0v) is 10.1. The molecular formula is C12H18N4O2. The Hall–Kier alpha value is -2.08. The second-order valence-corrected chi connectivity index (χ2v) is 3.79. The van der Waals surface area contributed by atoms with Gasteiger partial charge in [0, 0.05) is 6.54 Å². The normalized spacial score (nSPS) is 11.6. The third-order valence-corrected chi connectivity index (χ3v) is 2.23. The van der Waals surface area contributed by atoms with Crippen LogP contribution in [0.25, 0.3) is 0 Å². The van der Waals surface area contributed by atoms with E-state index in [1.54, 1.807) is 24.3 Å². The van der Waals surface area contributed by atoms with Crippen LogP contribution in [0.4, 0.5) is 0 Å². The lowest BCUT2D eigenvalue weighted by Crippen LogP contribution is -2.34. The Bertz CT molecular complexity index is 402. The minimum absolute atomic E-state index is 0.0374. The summed E-state index contributed by atoms with van der Waals surface area (Å²) in [5.41, 5.74) is 16.0. The van der Waals surface area contributed by atoms with Gasteiger partial charge in [-0.2, -0.15) is 0 Å². The lowest BCUT2D eigenvalue weighted by molar-refractivity contribution is -0.136. The fourth-order valence-electron chi connectivity index (χ4n) is 1.32. The van der Waals surface area contributed by atoms with Crippen molar-refractivity contribution >= 4 is 11.9 Å². The molecule has 1 aromatic carbocycles. The van der Waals surface area contributed by atoms with Crippen molar-refractivity contribution in [1.29, 1.82) is 0 Å². The quantitative estimate of drug-likeness (QED) is 0.215. The van der Waals surface area contributed by atoms with E-state index in [1.807, 2.05) is 6.07 Å². The Kier molecular flexibility index (Phi) is 5.66. The number of rotatable bonds is 6. The Labute approximate surface area is 106 Å². The number of hydrogen-bond donors (Lipinski definition) is 3. The van der Waals surface area contributed by atoms with Crippen molar-refractivity contribution in [3.63, 3.8) is 0 Å². The number of para-hydroxylation sites is 1. The van der Waals surface area contributed by atoms with Crippen molar-refractivity contribution in [3.05, 3.63) is 30.3 Å². The monoisotopic (exact) mass is 250 g/mol. The smallest absolute Gasteiger partial charge is 0.328 e. The predicted octanol–water partition coefficient (Wildman–Crippen LogP) is -0.0271. The molecule has 0 saturated heterocycles. The first-order valence-corrected chi connectivity index (χ1v) is 5.67. The molecule has 0 saturated carbocycles. The van der Waals surface area contributed by atoms with Crippen LogP contribution in [-0.2, 0) is 4.79 Å². The fourth-order valence-corrected chi connectivity index (χ4v) is 1.32. The van der Waals surface area contributed by atoms with Crippen molar-refractivity contribution < 1.29 is 9.53 Å². The third kappa shape index (κ3) is 5.31. The molecule has 1 aromatic rings. The van der Waals surface area contributed by atoms with Gasteiger partial charge in [0.25, 0.3) is 0 Å². The SMILES string of the molecule is NC(N)=NCCC[C@H](N)C(=O)Oc1ccccc1. The summed E-state index contributed by atoms with van der Waals surface area (Å²) in [6, 6.07) is 8.14. The van der Waals surface area contributed by atoms with Gasteiger partial charge in [-0.1, -0.05) is 18.2 Å². The van der Waals surface area contributed by atoms with Crippen LogP contribution in [0.3, 0.4) is 0 Å². The summed E-state index contributed by atoms with van der Waals surface area (Å²) >= 11 is 0. The third-order valence-electron chi connectivity index (χ3n) is 2.23. The lowest BCUT2D eigenvalue weighted by atomic mass is 10.2. The van der Waals surface area contributed by atoms with E-state index in [1.165, 1.54) is 0 Å². The molecule has 0 aliphatic heterocycles. The summed E-state index contributed by atoms with van der Waals surface area (Å²) in [6.07, 6.45) is 1.10. The molecule has 6 heteroatoms. The highest BCUT2D eigenvalue weighted by Gasteiger charge is 2.15. The van der Waals surface area contributed by atoms with E-state index < -0.39 is 12.0 Å². The second kappa shape index (κ2) is 7.29. The van der Waals surface area contributed by atoms with Gasteiger partial charge in [-0.05, 0) is 25.0 Å². The molecular weight excluding hydrogens is 232 g/mol. The van der Waals surface area contributed by atoms with Gasteiger partial charge in [-0.25, -0.2) is 4.79 Å². The fraction of sp³-hybridized carbons (Fsp3) is 0.333. The van der Waals surface area contributed by atoms with Crippen LogP contribution in [0.1, 0.15) is 12.8 Å². The molecule has 0 radical (unpaired) electrons. The first kappa shape index (κ1) is 14.0. The highest BCUT2D eigenvalue weighted by atomic mass is 16.5. The summed E-state index contributed by atoms with van der Waals surface area (Å²) in [7, 11) is 0. The summed E-state index contributed by atoms with van der Waals surface area (Å²) in [5.74, 6) is 0.0727. The van der Waals surface area contributed by atoms with E-state index in [9.17, 15) is 4.79 Å². The number of aliphatic imine (C=N–C) groups is 1. The van der Waals surface area contributed by atoms with Gasteiger partial charge in [0.1, 0.15) is 11.8 Å².